The van der Waals surface area contributed by atoms with Gasteiger partial charge >= 0.3 is 0 Å². The first-order valence-corrected chi connectivity index (χ1v) is 6.53. The minimum Gasteiger partial charge on any atom is -0.395 e. The highest BCUT2D eigenvalue weighted by Crippen LogP contribution is 2.16. The molecule has 17 heavy (non-hydrogen) atoms. The van der Waals surface area contributed by atoms with Crippen LogP contribution in [0.5, 0.6) is 0 Å². The first-order valence-electron chi connectivity index (χ1n) is 5.04. The van der Waals surface area contributed by atoms with Crippen LogP contribution in [0.2, 0.25) is 0 Å². The summed E-state index contributed by atoms with van der Waals surface area (Å²) in [7, 11) is -3.70. The molecule has 1 aromatic rings. The number of hydrogen-bond donors (Lipinski definition) is 2. The maximum absolute atomic E-state index is 12.0. The molecular weight excluding hydrogens is 240 g/mol. The summed E-state index contributed by atoms with van der Waals surface area (Å²) in [6, 6.07) is 5.79. The van der Waals surface area contributed by atoms with E-state index >= 15 is 0 Å². The first-order chi connectivity index (χ1) is 7.90. The smallest absolute Gasteiger partial charge is 0.241 e. The number of benzene rings is 1. The SMILES string of the molecule is Cc1ccc(C#N)cc1S(=O)(=O)NC(C)CO. The second-order valence-corrected chi connectivity index (χ2v) is 5.48. The summed E-state index contributed by atoms with van der Waals surface area (Å²) in [6.07, 6.45) is 0. The zero-order valence-corrected chi connectivity index (χ0v) is 10.5. The maximum atomic E-state index is 12.0. The van der Waals surface area contributed by atoms with Gasteiger partial charge in [0, 0.05) is 6.04 Å². The molecule has 0 fully saturated rings. The highest BCUT2D eigenvalue weighted by atomic mass is 32.2. The minimum atomic E-state index is -3.70. The summed E-state index contributed by atoms with van der Waals surface area (Å²) in [5.74, 6) is 0. The molecule has 6 heteroatoms. The van der Waals surface area contributed by atoms with Crippen molar-refractivity contribution in [1.29, 1.82) is 5.26 Å². The summed E-state index contributed by atoms with van der Waals surface area (Å²) in [5.41, 5.74) is 0.842. The topological polar surface area (TPSA) is 90.2 Å². The zero-order valence-electron chi connectivity index (χ0n) is 9.64. The van der Waals surface area contributed by atoms with Gasteiger partial charge in [0.1, 0.15) is 0 Å². The van der Waals surface area contributed by atoms with E-state index in [9.17, 15) is 8.42 Å². The second-order valence-electron chi connectivity index (χ2n) is 3.80. The van der Waals surface area contributed by atoms with Crippen LogP contribution < -0.4 is 4.72 Å². The predicted octanol–water partition coefficient (Wildman–Crippen LogP) is 0.526. The van der Waals surface area contributed by atoms with Gasteiger partial charge in [-0.2, -0.15) is 5.26 Å². The summed E-state index contributed by atoms with van der Waals surface area (Å²) in [5, 5.41) is 17.6. The number of hydrogen-bond acceptors (Lipinski definition) is 4. The average Bonchev–Trinajstić information content (AvgIpc) is 2.28. The molecule has 92 valence electrons. The monoisotopic (exact) mass is 254 g/mol. The number of aryl methyl sites for hydroxylation is 1. The molecule has 0 spiro atoms. The fourth-order valence-electron chi connectivity index (χ4n) is 1.32. The Hall–Kier alpha value is -1.42. The molecule has 1 unspecified atom stereocenters. The molecular formula is C11H14N2O3S. The third kappa shape index (κ3) is 3.27. The van der Waals surface area contributed by atoms with Gasteiger partial charge in [-0.05, 0) is 31.5 Å². The fourth-order valence-corrected chi connectivity index (χ4v) is 2.83. The first kappa shape index (κ1) is 13.6. The van der Waals surface area contributed by atoms with Crippen molar-refractivity contribution in [3.8, 4) is 6.07 Å². The number of rotatable bonds is 4. The Morgan fingerprint density at radius 2 is 2.18 bits per heavy atom. The standard InChI is InChI=1S/C11H14N2O3S/c1-8-3-4-10(6-12)5-11(8)17(15,16)13-9(2)7-14/h3-5,9,13-14H,7H2,1-2H3. The number of nitriles is 1. The van der Waals surface area contributed by atoms with E-state index in [0.29, 0.717) is 5.56 Å². The van der Waals surface area contributed by atoms with Gasteiger partial charge < -0.3 is 5.11 Å². The summed E-state index contributed by atoms with van der Waals surface area (Å²) in [6.45, 7) is 2.93. The van der Waals surface area contributed by atoms with Crippen molar-refractivity contribution in [2.75, 3.05) is 6.61 Å². The number of aliphatic hydroxyl groups excluding tert-OH is 1. The molecule has 2 N–H and O–H groups in total. The quantitative estimate of drug-likeness (QED) is 0.820. The van der Waals surface area contributed by atoms with E-state index in [1.807, 2.05) is 6.07 Å². The largest absolute Gasteiger partial charge is 0.395 e. The normalized spacial score (nSPS) is 13.1. The highest BCUT2D eigenvalue weighted by molar-refractivity contribution is 7.89. The third-order valence-corrected chi connectivity index (χ3v) is 3.97. The Labute approximate surface area is 101 Å². The van der Waals surface area contributed by atoms with Crippen LogP contribution in [-0.4, -0.2) is 26.2 Å². The van der Waals surface area contributed by atoms with Gasteiger partial charge in [-0.15, -0.1) is 0 Å². The second kappa shape index (κ2) is 5.27. The average molecular weight is 254 g/mol. The molecule has 5 nitrogen and oxygen atoms in total. The van der Waals surface area contributed by atoms with E-state index in [-0.39, 0.29) is 17.1 Å². The van der Waals surface area contributed by atoms with Gasteiger partial charge in [-0.1, -0.05) is 6.07 Å². The number of sulfonamides is 1. The van der Waals surface area contributed by atoms with E-state index in [1.54, 1.807) is 26.0 Å². The van der Waals surface area contributed by atoms with Crippen LogP contribution >= 0.6 is 0 Å². The van der Waals surface area contributed by atoms with Crippen LogP contribution in [-0.2, 0) is 10.0 Å². The van der Waals surface area contributed by atoms with Gasteiger partial charge in [0.15, 0.2) is 0 Å². The zero-order chi connectivity index (χ0) is 13.1. The Morgan fingerprint density at radius 3 is 2.71 bits per heavy atom. The summed E-state index contributed by atoms with van der Waals surface area (Å²) in [4.78, 5) is 0.0665. The lowest BCUT2D eigenvalue weighted by Crippen LogP contribution is -2.35. The Bertz CT molecular complexity index is 546. The van der Waals surface area contributed by atoms with Crippen LogP contribution in [0.4, 0.5) is 0 Å². The van der Waals surface area contributed by atoms with Gasteiger partial charge in [0.05, 0.1) is 23.1 Å². The van der Waals surface area contributed by atoms with Crippen molar-refractivity contribution in [2.45, 2.75) is 24.8 Å². The Morgan fingerprint density at radius 1 is 1.53 bits per heavy atom. The number of aliphatic hydroxyl groups is 1. The van der Waals surface area contributed by atoms with Crippen molar-refractivity contribution < 1.29 is 13.5 Å². The molecule has 0 radical (unpaired) electrons. The molecule has 1 rings (SSSR count). The van der Waals surface area contributed by atoms with E-state index in [4.69, 9.17) is 10.4 Å². The van der Waals surface area contributed by atoms with Gasteiger partial charge in [-0.25, -0.2) is 13.1 Å². The molecule has 0 amide bonds. The number of nitrogens with zero attached hydrogens (tertiary/aromatic N) is 1. The maximum Gasteiger partial charge on any atom is 0.241 e. The highest BCUT2D eigenvalue weighted by Gasteiger charge is 2.19. The molecule has 0 saturated heterocycles. The van der Waals surface area contributed by atoms with Crippen LogP contribution in [0, 0.1) is 18.3 Å². The van der Waals surface area contributed by atoms with Crippen molar-refractivity contribution >= 4 is 10.0 Å². The fraction of sp³-hybridized carbons (Fsp3) is 0.364. The van der Waals surface area contributed by atoms with E-state index in [2.05, 4.69) is 4.72 Å². The Balaban J connectivity index is 3.19. The summed E-state index contributed by atoms with van der Waals surface area (Å²) >= 11 is 0. The lowest BCUT2D eigenvalue weighted by Gasteiger charge is -2.13. The minimum absolute atomic E-state index is 0.0665. The molecule has 0 saturated carbocycles. The van der Waals surface area contributed by atoms with E-state index in [1.165, 1.54) is 6.07 Å². The van der Waals surface area contributed by atoms with Crippen LogP contribution in [0.1, 0.15) is 18.1 Å². The van der Waals surface area contributed by atoms with Crippen LogP contribution in [0.25, 0.3) is 0 Å². The van der Waals surface area contributed by atoms with Crippen LogP contribution in [0.3, 0.4) is 0 Å². The number of nitrogens with one attached hydrogen (secondary N) is 1. The van der Waals surface area contributed by atoms with Gasteiger partial charge in [0.2, 0.25) is 10.0 Å². The lowest BCUT2D eigenvalue weighted by atomic mass is 10.2. The van der Waals surface area contributed by atoms with E-state index < -0.39 is 16.1 Å². The van der Waals surface area contributed by atoms with Crippen molar-refractivity contribution in [3.63, 3.8) is 0 Å². The van der Waals surface area contributed by atoms with Crippen molar-refractivity contribution in [3.05, 3.63) is 29.3 Å². The summed E-state index contributed by atoms with van der Waals surface area (Å²) < 4.78 is 26.2. The molecule has 0 aromatic heterocycles. The van der Waals surface area contributed by atoms with E-state index in [0.717, 1.165) is 0 Å². The Kier molecular flexibility index (Phi) is 4.23. The molecule has 0 aliphatic rings. The molecule has 0 bridgehead atoms. The molecule has 0 aliphatic carbocycles. The van der Waals surface area contributed by atoms with Crippen LogP contribution in [0.15, 0.2) is 23.1 Å². The van der Waals surface area contributed by atoms with Crippen molar-refractivity contribution in [1.82, 2.24) is 4.72 Å². The molecule has 1 aromatic carbocycles. The van der Waals surface area contributed by atoms with Gasteiger partial charge in [-0.3, -0.25) is 0 Å². The third-order valence-electron chi connectivity index (χ3n) is 2.24. The lowest BCUT2D eigenvalue weighted by molar-refractivity contribution is 0.265. The predicted molar refractivity (Wildman–Crippen MR) is 62.8 cm³/mol. The molecule has 0 aliphatic heterocycles. The van der Waals surface area contributed by atoms with Crippen molar-refractivity contribution in [2.24, 2.45) is 0 Å². The molecule has 0 heterocycles. The molecule has 1 atom stereocenters. The van der Waals surface area contributed by atoms with Gasteiger partial charge in [0.25, 0.3) is 0 Å².